The number of carbonyl (C=O) groups is 2. The number of ether oxygens (including phenoxy) is 4. The second-order valence-corrected chi connectivity index (χ2v) is 12.2. The summed E-state index contributed by atoms with van der Waals surface area (Å²) in [6.45, 7) is 5.38. The lowest BCUT2D eigenvalue weighted by Crippen LogP contribution is -2.49. The van der Waals surface area contributed by atoms with E-state index in [9.17, 15) is 14.7 Å². The molecular formula is C37H40N4O7. The van der Waals surface area contributed by atoms with Crippen LogP contribution in [-0.2, 0) is 6.54 Å². The number of aliphatic hydroxyl groups is 1. The number of hydrogen-bond acceptors (Lipinski definition) is 8. The van der Waals surface area contributed by atoms with Gasteiger partial charge in [0.1, 0.15) is 17.6 Å². The molecule has 0 radical (unpaired) electrons. The Bertz CT molecular complexity index is 1730. The molecule has 48 heavy (non-hydrogen) atoms. The molecular weight excluding hydrogens is 612 g/mol. The Morgan fingerprint density at radius 1 is 0.979 bits per heavy atom. The minimum Gasteiger partial charge on any atom is -0.486 e. The Labute approximate surface area is 280 Å². The van der Waals surface area contributed by atoms with E-state index < -0.39 is 12.1 Å². The first-order chi connectivity index (χ1) is 23.3. The number of hydrogen-bond donors (Lipinski definition) is 3. The molecule has 0 saturated carbocycles. The van der Waals surface area contributed by atoms with Gasteiger partial charge in [-0.2, -0.15) is 0 Å². The average Bonchev–Trinajstić information content (AvgIpc) is 3.56. The maximum Gasteiger partial charge on any atom is 0.323 e. The Balaban J connectivity index is 1.19. The van der Waals surface area contributed by atoms with Crippen LogP contribution in [0.2, 0.25) is 0 Å². The van der Waals surface area contributed by atoms with Crippen molar-refractivity contribution in [3.05, 3.63) is 102 Å². The number of fused-ring (bicyclic) bond motifs is 2. The molecule has 2 heterocycles. The van der Waals surface area contributed by atoms with Gasteiger partial charge in [0.05, 0.1) is 23.9 Å². The lowest BCUT2D eigenvalue weighted by molar-refractivity contribution is 0.0343. The summed E-state index contributed by atoms with van der Waals surface area (Å²) in [4.78, 5) is 30.9. The number of para-hydroxylation sites is 2. The first-order valence-corrected chi connectivity index (χ1v) is 16.0. The topological polar surface area (TPSA) is 122 Å². The summed E-state index contributed by atoms with van der Waals surface area (Å²) in [6.07, 6.45) is -0.351. The van der Waals surface area contributed by atoms with Gasteiger partial charge in [0, 0.05) is 37.3 Å². The zero-order chi connectivity index (χ0) is 33.6. The van der Waals surface area contributed by atoms with Gasteiger partial charge in [0.25, 0.3) is 5.91 Å². The quantitative estimate of drug-likeness (QED) is 0.185. The summed E-state index contributed by atoms with van der Waals surface area (Å²) < 4.78 is 23.4. The number of carbonyl (C=O) groups excluding carboxylic acids is 2. The number of benzene rings is 4. The summed E-state index contributed by atoms with van der Waals surface area (Å²) in [5, 5.41) is 15.7. The van der Waals surface area contributed by atoms with E-state index in [-0.39, 0.29) is 37.1 Å². The normalized spacial score (nSPS) is 17.5. The van der Waals surface area contributed by atoms with Gasteiger partial charge >= 0.3 is 6.03 Å². The zero-order valence-corrected chi connectivity index (χ0v) is 27.2. The maximum absolute atomic E-state index is 13.8. The molecule has 0 bridgehead atoms. The average molecular weight is 653 g/mol. The molecule has 2 aliphatic rings. The van der Waals surface area contributed by atoms with E-state index >= 15 is 0 Å². The van der Waals surface area contributed by atoms with Crippen molar-refractivity contribution in [1.29, 1.82) is 0 Å². The number of anilines is 2. The van der Waals surface area contributed by atoms with E-state index in [1.165, 1.54) is 0 Å². The number of aliphatic hydroxyl groups excluding tert-OH is 1. The van der Waals surface area contributed by atoms with E-state index in [0.29, 0.717) is 48.1 Å². The third-order valence-electron chi connectivity index (χ3n) is 8.42. The molecule has 0 aliphatic carbocycles. The predicted molar refractivity (Wildman–Crippen MR) is 182 cm³/mol. The van der Waals surface area contributed by atoms with Gasteiger partial charge < -0.3 is 39.6 Å². The van der Waals surface area contributed by atoms with E-state index in [4.69, 9.17) is 18.9 Å². The van der Waals surface area contributed by atoms with Crippen molar-refractivity contribution in [2.24, 2.45) is 5.92 Å². The minimum atomic E-state index is -0.512. The van der Waals surface area contributed by atoms with Crippen LogP contribution in [0.1, 0.15) is 29.8 Å². The van der Waals surface area contributed by atoms with Gasteiger partial charge in [-0.05, 0) is 68.1 Å². The highest BCUT2D eigenvalue weighted by Gasteiger charge is 2.34. The molecule has 11 nitrogen and oxygen atoms in total. The highest BCUT2D eigenvalue weighted by atomic mass is 16.7. The van der Waals surface area contributed by atoms with Crippen LogP contribution in [-0.4, -0.2) is 72.5 Å². The van der Waals surface area contributed by atoms with Crippen LogP contribution in [0.15, 0.2) is 91.0 Å². The number of nitrogens with one attached hydrogen (secondary N) is 2. The molecule has 250 valence electrons. The number of amides is 3. The molecule has 0 unspecified atom stereocenters. The van der Waals surface area contributed by atoms with Gasteiger partial charge in [-0.1, -0.05) is 43.3 Å². The molecule has 0 fully saturated rings. The van der Waals surface area contributed by atoms with Crippen molar-refractivity contribution in [3.63, 3.8) is 0 Å². The monoisotopic (exact) mass is 652 g/mol. The second-order valence-electron chi connectivity index (χ2n) is 12.2. The van der Waals surface area contributed by atoms with Gasteiger partial charge in [0.15, 0.2) is 17.2 Å². The van der Waals surface area contributed by atoms with Crippen LogP contribution in [0.5, 0.6) is 28.7 Å². The van der Waals surface area contributed by atoms with Crippen LogP contribution >= 0.6 is 0 Å². The molecule has 3 atom stereocenters. The number of nitrogens with zero attached hydrogens (tertiary/aromatic N) is 2. The lowest BCUT2D eigenvalue weighted by Gasteiger charge is -2.38. The Morgan fingerprint density at radius 3 is 2.50 bits per heavy atom. The number of rotatable bonds is 10. The third-order valence-corrected chi connectivity index (χ3v) is 8.42. The van der Waals surface area contributed by atoms with E-state index in [2.05, 4.69) is 15.5 Å². The Hall–Kier alpha value is -5.26. The molecule has 4 aromatic rings. The zero-order valence-electron chi connectivity index (χ0n) is 27.2. The van der Waals surface area contributed by atoms with Crippen molar-refractivity contribution in [3.8, 4) is 28.7 Å². The minimum absolute atomic E-state index is 0.101. The largest absolute Gasteiger partial charge is 0.486 e. The maximum atomic E-state index is 13.8. The second kappa shape index (κ2) is 14.7. The van der Waals surface area contributed by atoms with Crippen LogP contribution < -0.4 is 29.6 Å². The Morgan fingerprint density at radius 2 is 1.73 bits per heavy atom. The summed E-state index contributed by atoms with van der Waals surface area (Å²) in [6, 6.07) is 26.9. The summed E-state index contributed by atoms with van der Waals surface area (Å²) in [5.74, 6) is 2.59. The standard InChI is InChI=1S/C37H40N4O7/c1-24-19-41(25(2)22-42)36(43)30-10-7-11-31(39-37(44)38-27-14-17-32-33(18-27)46-23-45-32)35(30)48-34(24)21-40(3)20-26-12-15-29(16-13-26)47-28-8-5-4-6-9-28/h4-18,24-25,34,42H,19-23H2,1-3H3,(H2,38,39,44)/t24-,25+,34+/m1/s1. The fraction of sp³-hybridized carbons (Fsp3) is 0.297. The first kappa shape index (κ1) is 32.7. The highest BCUT2D eigenvalue weighted by molar-refractivity contribution is 6.04. The fourth-order valence-corrected chi connectivity index (χ4v) is 5.79. The van der Waals surface area contributed by atoms with Crippen molar-refractivity contribution in [2.75, 3.05) is 44.2 Å². The smallest absolute Gasteiger partial charge is 0.323 e. The summed E-state index contributed by atoms with van der Waals surface area (Å²) in [7, 11) is 2.02. The van der Waals surface area contributed by atoms with E-state index in [1.54, 1.807) is 41.3 Å². The molecule has 0 saturated heterocycles. The molecule has 3 N–H and O–H groups in total. The number of urea groups is 1. The Kier molecular flexibility index (Phi) is 9.98. The van der Waals surface area contributed by atoms with Gasteiger partial charge in [-0.3, -0.25) is 9.69 Å². The number of likely N-dealkylation sites (N-methyl/N-ethyl adjacent to an activating group) is 1. The molecule has 0 spiro atoms. The third kappa shape index (κ3) is 7.64. The van der Waals surface area contributed by atoms with Crippen LogP contribution in [0.3, 0.4) is 0 Å². The molecule has 2 aliphatic heterocycles. The van der Waals surface area contributed by atoms with Gasteiger partial charge in [-0.25, -0.2) is 4.79 Å². The molecule has 4 aromatic carbocycles. The van der Waals surface area contributed by atoms with Crippen molar-refractivity contribution in [1.82, 2.24) is 9.80 Å². The molecule has 0 aromatic heterocycles. The summed E-state index contributed by atoms with van der Waals surface area (Å²) in [5.41, 5.74) is 2.28. The first-order valence-electron chi connectivity index (χ1n) is 16.0. The van der Waals surface area contributed by atoms with Crippen LogP contribution in [0, 0.1) is 5.92 Å². The fourth-order valence-electron chi connectivity index (χ4n) is 5.79. The van der Waals surface area contributed by atoms with Crippen molar-refractivity contribution < 1.29 is 33.6 Å². The van der Waals surface area contributed by atoms with Gasteiger partial charge in [-0.15, -0.1) is 0 Å². The molecule has 11 heteroatoms. The highest BCUT2D eigenvalue weighted by Crippen LogP contribution is 2.36. The van der Waals surface area contributed by atoms with E-state index in [1.807, 2.05) is 75.5 Å². The van der Waals surface area contributed by atoms with E-state index in [0.717, 1.165) is 17.1 Å². The predicted octanol–water partition coefficient (Wildman–Crippen LogP) is 6.20. The molecule has 3 amide bonds. The van der Waals surface area contributed by atoms with Crippen molar-refractivity contribution >= 4 is 23.3 Å². The van der Waals surface area contributed by atoms with Crippen LogP contribution in [0.4, 0.5) is 16.2 Å². The van der Waals surface area contributed by atoms with Crippen LogP contribution in [0.25, 0.3) is 0 Å². The van der Waals surface area contributed by atoms with Gasteiger partial charge in [0.2, 0.25) is 6.79 Å². The van der Waals surface area contributed by atoms with Crippen molar-refractivity contribution in [2.45, 2.75) is 32.5 Å². The lowest BCUT2D eigenvalue weighted by atomic mass is 9.99. The SMILES string of the molecule is C[C@@H]1CN([C@@H](C)CO)C(=O)c2cccc(NC(=O)Nc3ccc4c(c3)OCO4)c2O[C@H]1CN(C)Cc1ccc(Oc2ccccc2)cc1. The molecule has 6 rings (SSSR count). The summed E-state index contributed by atoms with van der Waals surface area (Å²) >= 11 is 0.